The van der Waals surface area contributed by atoms with Crippen molar-refractivity contribution in [1.82, 2.24) is 0 Å². The van der Waals surface area contributed by atoms with Crippen molar-refractivity contribution >= 4 is 0 Å². The molecule has 2 N–H and O–H groups in total. The molecule has 0 radical (unpaired) electrons. The summed E-state index contributed by atoms with van der Waals surface area (Å²) >= 11 is 0. The van der Waals surface area contributed by atoms with Crippen LogP contribution in [0.15, 0.2) is 0 Å². The molecular weight excluding hydrogens is 106 g/mol. The Labute approximate surface area is 50.2 Å². The molecule has 0 saturated heterocycles. The van der Waals surface area contributed by atoms with Gasteiger partial charge >= 0.3 is 0 Å². The van der Waals surface area contributed by atoms with E-state index in [4.69, 9.17) is 22.0 Å². The zero-order chi connectivity index (χ0) is 7.41. The fourth-order valence-corrected chi connectivity index (χ4v) is 0. The van der Waals surface area contributed by atoms with Crippen LogP contribution in [0, 0.1) is 11.8 Å². The largest absolute Gasteiger partial charge is 0.512 e. The highest BCUT2D eigenvalue weighted by atomic mass is 16.3. The standard InChI is InChI=1S/2C2H6O.CN/c2*1-2-3;1-2/h2*3H,2H2,1H3;/q;;-1. The summed E-state index contributed by atoms with van der Waals surface area (Å²) in [5.74, 6) is 0. The van der Waals surface area contributed by atoms with E-state index in [9.17, 15) is 0 Å². The van der Waals surface area contributed by atoms with Gasteiger partial charge in [0, 0.05) is 13.2 Å². The molecule has 0 aromatic rings. The third kappa shape index (κ3) is 302. The molecule has 0 atom stereocenters. The second kappa shape index (κ2) is 94.4. The summed E-state index contributed by atoms with van der Waals surface area (Å²) in [5.41, 5.74) is 0. The Bertz CT molecular complexity index is 26.9. The predicted molar refractivity (Wildman–Crippen MR) is 30.5 cm³/mol. The predicted octanol–water partition coefficient (Wildman–Crippen LogP) is 0.0936. The molecule has 0 aliphatic rings. The Morgan fingerprint density at radius 2 is 1.12 bits per heavy atom. The number of hydrogen-bond donors (Lipinski definition) is 2. The van der Waals surface area contributed by atoms with Crippen molar-refractivity contribution < 1.29 is 10.2 Å². The number of rotatable bonds is 0. The highest BCUT2D eigenvalue weighted by Gasteiger charge is 1.34. The third-order valence-corrected chi connectivity index (χ3v) is 0. The maximum absolute atomic E-state index is 7.57. The summed E-state index contributed by atoms with van der Waals surface area (Å²) in [6.45, 7) is 8.61. The second-order valence-electron chi connectivity index (χ2n) is 0.632. The van der Waals surface area contributed by atoms with Gasteiger partial charge in [-0.15, -0.1) is 0 Å². The first-order chi connectivity index (χ1) is 3.83. The lowest BCUT2D eigenvalue weighted by Gasteiger charge is -1.52. The zero-order valence-corrected chi connectivity index (χ0v) is 5.26. The fraction of sp³-hybridized carbons (Fsp3) is 0.800. The van der Waals surface area contributed by atoms with Gasteiger partial charge < -0.3 is 22.0 Å². The van der Waals surface area contributed by atoms with Gasteiger partial charge in [-0.2, -0.15) is 0 Å². The minimum atomic E-state index is 0.250. The smallest absolute Gasteiger partial charge is 0.0402 e. The van der Waals surface area contributed by atoms with Crippen LogP contribution in [0.1, 0.15) is 13.8 Å². The quantitative estimate of drug-likeness (QED) is 0.443. The Hall–Kier alpha value is -0.590. The van der Waals surface area contributed by atoms with Crippen molar-refractivity contribution in [2.24, 2.45) is 0 Å². The number of nitrogens with zero attached hydrogens (tertiary/aromatic N) is 1. The molecule has 0 aliphatic carbocycles. The molecule has 0 saturated carbocycles. The summed E-state index contributed by atoms with van der Waals surface area (Å²) in [4.78, 5) is 0. The van der Waals surface area contributed by atoms with Gasteiger partial charge in [-0.25, -0.2) is 0 Å². The maximum atomic E-state index is 7.57. The molecule has 50 valence electrons. The van der Waals surface area contributed by atoms with Gasteiger partial charge in [0.2, 0.25) is 0 Å². The summed E-state index contributed by atoms with van der Waals surface area (Å²) in [6.07, 6.45) is 0. The molecule has 0 unspecified atom stereocenters. The zero-order valence-electron chi connectivity index (χ0n) is 5.26. The maximum Gasteiger partial charge on any atom is 0.0402 e. The number of aliphatic hydroxyl groups excluding tert-OH is 2. The van der Waals surface area contributed by atoms with Crippen LogP contribution in [0.2, 0.25) is 0 Å². The van der Waals surface area contributed by atoms with Gasteiger partial charge in [0.25, 0.3) is 0 Å². The molecule has 8 heavy (non-hydrogen) atoms. The van der Waals surface area contributed by atoms with Crippen LogP contribution in [0.3, 0.4) is 0 Å². The summed E-state index contributed by atoms with van der Waals surface area (Å²) in [6, 6.07) is 0. The number of aliphatic hydroxyl groups is 2. The first-order valence-corrected chi connectivity index (χ1v) is 2.27. The summed E-state index contributed by atoms with van der Waals surface area (Å²) in [5, 5.41) is 21.4. The average Bonchev–Trinajstić information content (AvgIpc) is 1.75. The van der Waals surface area contributed by atoms with Crippen molar-refractivity contribution in [3.05, 3.63) is 6.57 Å². The average molecular weight is 118 g/mol. The molecule has 0 aromatic carbocycles. The van der Waals surface area contributed by atoms with Gasteiger partial charge in [0.1, 0.15) is 0 Å². The van der Waals surface area contributed by atoms with E-state index >= 15 is 0 Å². The van der Waals surface area contributed by atoms with Crippen molar-refractivity contribution in [2.75, 3.05) is 13.2 Å². The van der Waals surface area contributed by atoms with E-state index in [2.05, 4.69) is 0 Å². The van der Waals surface area contributed by atoms with Crippen LogP contribution >= 0.6 is 0 Å². The molecule has 3 nitrogen and oxygen atoms in total. The second-order valence-corrected chi connectivity index (χ2v) is 0.632. The Morgan fingerprint density at radius 3 is 1.12 bits per heavy atom. The minimum absolute atomic E-state index is 0.250. The lowest BCUT2D eigenvalue weighted by atomic mass is 10.9. The van der Waals surface area contributed by atoms with E-state index in [1.807, 2.05) is 0 Å². The van der Waals surface area contributed by atoms with Crippen molar-refractivity contribution in [3.8, 4) is 0 Å². The minimum Gasteiger partial charge on any atom is -0.512 e. The fourth-order valence-electron chi connectivity index (χ4n) is 0. The van der Waals surface area contributed by atoms with E-state index in [1.54, 1.807) is 13.8 Å². The van der Waals surface area contributed by atoms with Gasteiger partial charge in [-0.05, 0) is 13.8 Å². The normalized spacial score (nSPS) is 4.75. The van der Waals surface area contributed by atoms with E-state index in [1.165, 1.54) is 0 Å². The lowest BCUT2D eigenvalue weighted by molar-refractivity contribution is 0.318. The van der Waals surface area contributed by atoms with E-state index in [0.29, 0.717) is 0 Å². The SMILES string of the molecule is CCO.CCO.[C-]#N. The van der Waals surface area contributed by atoms with Crippen molar-refractivity contribution in [3.63, 3.8) is 0 Å². The van der Waals surface area contributed by atoms with Gasteiger partial charge in [-0.1, -0.05) is 0 Å². The van der Waals surface area contributed by atoms with E-state index < -0.39 is 0 Å². The topological polar surface area (TPSA) is 64.2 Å². The van der Waals surface area contributed by atoms with Gasteiger partial charge in [0.15, 0.2) is 0 Å². The van der Waals surface area contributed by atoms with Crippen LogP contribution in [-0.4, -0.2) is 23.4 Å². The molecule has 0 spiro atoms. The van der Waals surface area contributed by atoms with Crippen LogP contribution in [0.5, 0.6) is 0 Å². The van der Waals surface area contributed by atoms with Crippen molar-refractivity contribution in [1.29, 1.82) is 5.26 Å². The Balaban J connectivity index is -0.0000000483. The highest BCUT2D eigenvalue weighted by Crippen LogP contribution is 1.30. The van der Waals surface area contributed by atoms with Crippen LogP contribution in [0.4, 0.5) is 0 Å². The van der Waals surface area contributed by atoms with Gasteiger partial charge in [0.05, 0.1) is 0 Å². The monoisotopic (exact) mass is 118 g/mol. The first-order valence-electron chi connectivity index (χ1n) is 2.27. The van der Waals surface area contributed by atoms with Crippen LogP contribution < -0.4 is 0 Å². The molecule has 0 aromatic heterocycles. The molecule has 0 rings (SSSR count). The molecule has 0 heterocycles. The first kappa shape index (κ1) is 15.7. The molecule has 3 heteroatoms. The van der Waals surface area contributed by atoms with E-state index in [0.717, 1.165) is 0 Å². The molecule has 0 amide bonds. The molecule has 0 bridgehead atoms. The van der Waals surface area contributed by atoms with E-state index in [-0.39, 0.29) is 13.2 Å². The molecule has 0 aliphatic heterocycles. The Kier molecular flexibility index (Phi) is 185. The lowest BCUT2D eigenvalue weighted by Crippen LogP contribution is -1.57. The van der Waals surface area contributed by atoms with Crippen LogP contribution in [0.25, 0.3) is 0 Å². The number of hydrogen-bond acceptors (Lipinski definition) is 3. The third-order valence-electron chi connectivity index (χ3n) is 0. The van der Waals surface area contributed by atoms with Crippen molar-refractivity contribution in [2.45, 2.75) is 13.8 Å². The molecular formula is C5H12NO2-. The van der Waals surface area contributed by atoms with Gasteiger partial charge in [-0.3, -0.25) is 0 Å². The Morgan fingerprint density at radius 1 is 1.12 bits per heavy atom. The highest BCUT2D eigenvalue weighted by molar-refractivity contribution is 3.84. The van der Waals surface area contributed by atoms with Crippen LogP contribution in [-0.2, 0) is 0 Å². The summed E-state index contributed by atoms with van der Waals surface area (Å²) < 4.78 is 0. The summed E-state index contributed by atoms with van der Waals surface area (Å²) in [7, 11) is 0. The molecule has 0 fully saturated rings.